The first-order chi connectivity index (χ1) is 9.11. The van der Waals surface area contributed by atoms with E-state index in [0.717, 1.165) is 0 Å². The molecule has 0 aliphatic heterocycles. The van der Waals surface area contributed by atoms with Crippen molar-refractivity contribution in [2.75, 3.05) is 0 Å². The van der Waals surface area contributed by atoms with E-state index in [1.165, 1.54) is 12.1 Å². The van der Waals surface area contributed by atoms with Crippen molar-refractivity contribution in [3.63, 3.8) is 0 Å². The molecule has 96 valence electrons. The second-order valence-electron chi connectivity index (χ2n) is 4.11. The molecule has 0 saturated carbocycles. The predicted octanol–water partition coefficient (Wildman–Crippen LogP) is 3.29. The Morgan fingerprint density at radius 2 is 2.11 bits per heavy atom. The highest BCUT2D eigenvalue weighted by atomic mass is 19.1. The highest BCUT2D eigenvalue weighted by molar-refractivity contribution is 5.42. The smallest absolute Gasteiger partial charge is 0.140 e. The Balaban J connectivity index is 2.15. The van der Waals surface area contributed by atoms with Crippen LogP contribution < -0.4 is 4.74 Å². The third kappa shape index (κ3) is 2.83. The van der Waals surface area contributed by atoms with Crippen molar-refractivity contribution < 1.29 is 14.2 Å². The Hall–Kier alpha value is -2.54. The molecule has 0 aliphatic carbocycles. The van der Waals surface area contributed by atoms with Gasteiger partial charge in [0, 0.05) is 5.56 Å². The summed E-state index contributed by atoms with van der Waals surface area (Å²) in [6.07, 6.45) is 0. The maximum absolute atomic E-state index is 13.2. The lowest BCUT2D eigenvalue weighted by molar-refractivity contribution is 0.301. The van der Waals surface area contributed by atoms with Gasteiger partial charge in [-0.2, -0.15) is 5.26 Å². The molecule has 0 saturated heterocycles. The average molecular weight is 257 g/mol. The maximum atomic E-state index is 13.2. The third-order valence-electron chi connectivity index (χ3n) is 2.80. The van der Waals surface area contributed by atoms with Crippen LogP contribution in [0.15, 0.2) is 36.4 Å². The van der Waals surface area contributed by atoms with E-state index in [-0.39, 0.29) is 17.9 Å². The Labute approximate surface area is 110 Å². The molecule has 0 fully saturated rings. The van der Waals surface area contributed by atoms with E-state index in [1.807, 2.05) is 0 Å². The quantitative estimate of drug-likeness (QED) is 0.917. The minimum Gasteiger partial charge on any atom is -0.508 e. The molecule has 2 aromatic carbocycles. The minimum atomic E-state index is -0.542. The molecule has 3 nitrogen and oxygen atoms in total. The number of nitriles is 1. The molecular formula is C15H12FNO2. The lowest BCUT2D eigenvalue weighted by Gasteiger charge is -2.10. The first kappa shape index (κ1) is 12.9. The van der Waals surface area contributed by atoms with Gasteiger partial charge in [0.15, 0.2) is 0 Å². The fourth-order valence-corrected chi connectivity index (χ4v) is 1.67. The maximum Gasteiger partial charge on any atom is 0.140 e. The summed E-state index contributed by atoms with van der Waals surface area (Å²) < 4.78 is 18.7. The zero-order valence-corrected chi connectivity index (χ0v) is 10.4. The highest BCUT2D eigenvalue weighted by Crippen LogP contribution is 2.26. The van der Waals surface area contributed by atoms with Gasteiger partial charge >= 0.3 is 0 Å². The summed E-state index contributed by atoms with van der Waals surface area (Å²) in [6.45, 7) is 1.95. The van der Waals surface area contributed by atoms with E-state index in [2.05, 4.69) is 0 Å². The highest BCUT2D eigenvalue weighted by Gasteiger charge is 2.06. The number of aromatic hydroxyl groups is 1. The molecule has 0 radical (unpaired) electrons. The molecule has 4 heteroatoms. The van der Waals surface area contributed by atoms with Crippen molar-refractivity contribution in [1.29, 1.82) is 5.26 Å². The lowest BCUT2D eigenvalue weighted by atomic mass is 10.1. The van der Waals surface area contributed by atoms with Crippen LogP contribution in [-0.2, 0) is 6.61 Å². The number of ether oxygens (including phenoxy) is 1. The van der Waals surface area contributed by atoms with E-state index >= 15 is 0 Å². The zero-order valence-electron chi connectivity index (χ0n) is 10.4. The normalized spacial score (nSPS) is 9.95. The molecular weight excluding hydrogens is 245 g/mol. The first-order valence-electron chi connectivity index (χ1n) is 5.71. The second kappa shape index (κ2) is 5.40. The Morgan fingerprint density at radius 1 is 1.32 bits per heavy atom. The number of nitrogens with zero attached hydrogens (tertiary/aromatic N) is 1. The average Bonchev–Trinajstić information content (AvgIpc) is 2.42. The Bertz CT molecular complexity index is 647. The summed E-state index contributed by atoms with van der Waals surface area (Å²) in [4.78, 5) is 0. The van der Waals surface area contributed by atoms with E-state index in [9.17, 15) is 9.50 Å². The van der Waals surface area contributed by atoms with Crippen LogP contribution in [0.3, 0.4) is 0 Å². The number of halogens is 1. The number of hydrogen-bond donors (Lipinski definition) is 1. The molecule has 19 heavy (non-hydrogen) atoms. The van der Waals surface area contributed by atoms with Gasteiger partial charge in [0.1, 0.15) is 30.0 Å². The van der Waals surface area contributed by atoms with Crippen LogP contribution in [-0.4, -0.2) is 5.11 Å². The minimum absolute atomic E-state index is 0.00580. The third-order valence-corrected chi connectivity index (χ3v) is 2.80. The number of phenolic OH excluding ortho intramolecular Hbond substituents is 1. The summed E-state index contributed by atoms with van der Waals surface area (Å²) in [7, 11) is 0. The topological polar surface area (TPSA) is 53.2 Å². The van der Waals surface area contributed by atoms with Crippen LogP contribution in [0.25, 0.3) is 0 Å². The number of benzene rings is 2. The molecule has 0 unspecified atom stereocenters. The van der Waals surface area contributed by atoms with Gasteiger partial charge in [-0.05, 0) is 36.8 Å². The number of rotatable bonds is 3. The summed E-state index contributed by atoms with van der Waals surface area (Å²) in [6, 6.07) is 11.0. The molecule has 0 aromatic heterocycles. The fourth-order valence-electron chi connectivity index (χ4n) is 1.67. The summed E-state index contributed by atoms with van der Waals surface area (Å²) in [5.41, 5.74) is 1.33. The number of phenols is 1. The van der Waals surface area contributed by atoms with Crippen molar-refractivity contribution >= 4 is 0 Å². The summed E-state index contributed by atoms with van der Waals surface area (Å²) >= 11 is 0. The van der Waals surface area contributed by atoms with E-state index in [0.29, 0.717) is 16.9 Å². The summed E-state index contributed by atoms with van der Waals surface area (Å²) in [5.74, 6) is 0.178. The molecule has 2 aromatic rings. The lowest BCUT2D eigenvalue weighted by Crippen LogP contribution is -1.98. The van der Waals surface area contributed by atoms with Crippen molar-refractivity contribution in [3.05, 3.63) is 58.9 Å². The largest absolute Gasteiger partial charge is 0.508 e. The van der Waals surface area contributed by atoms with Gasteiger partial charge in [-0.1, -0.05) is 12.1 Å². The molecule has 2 rings (SSSR count). The predicted molar refractivity (Wildman–Crippen MR) is 68.3 cm³/mol. The molecule has 0 heterocycles. The van der Waals surface area contributed by atoms with Gasteiger partial charge in [-0.3, -0.25) is 0 Å². The standard InChI is InChI=1S/C15H12FNO2/c1-10-14(18)3-2-4-15(10)19-9-11-5-6-13(16)12(7-11)8-17/h2-7,18H,9H2,1H3. The van der Waals surface area contributed by atoms with E-state index < -0.39 is 5.82 Å². The van der Waals surface area contributed by atoms with Crippen LogP contribution >= 0.6 is 0 Å². The Kier molecular flexibility index (Phi) is 3.67. The monoisotopic (exact) mass is 257 g/mol. The Morgan fingerprint density at radius 3 is 2.84 bits per heavy atom. The number of hydrogen-bond acceptors (Lipinski definition) is 3. The fraction of sp³-hybridized carbons (Fsp3) is 0.133. The van der Waals surface area contributed by atoms with Crippen molar-refractivity contribution in [1.82, 2.24) is 0 Å². The van der Waals surface area contributed by atoms with E-state index in [1.54, 1.807) is 37.3 Å². The molecule has 0 atom stereocenters. The molecule has 1 N–H and O–H groups in total. The first-order valence-corrected chi connectivity index (χ1v) is 5.71. The van der Waals surface area contributed by atoms with Crippen molar-refractivity contribution in [2.45, 2.75) is 13.5 Å². The SMILES string of the molecule is Cc1c(O)cccc1OCc1ccc(F)c(C#N)c1. The van der Waals surface area contributed by atoms with E-state index in [4.69, 9.17) is 10.00 Å². The molecule has 0 amide bonds. The van der Waals surface area contributed by atoms with Gasteiger partial charge in [0.05, 0.1) is 5.56 Å². The van der Waals surface area contributed by atoms with Gasteiger partial charge in [0.2, 0.25) is 0 Å². The van der Waals surface area contributed by atoms with Crippen LogP contribution in [0.1, 0.15) is 16.7 Å². The van der Waals surface area contributed by atoms with Gasteiger partial charge < -0.3 is 9.84 Å². The van der Waals surface area contributed by atoms with Crippen molar-refractivity contribution in [2.24, 2.45) is 0 Å². The molecule has 0 aliphatic rings. The van der Waals surface area contributed by atoms with Crippen LogP contribution in [0, 0.1) is 24.1 Å². The van der Waals surface area contributed by atoms with Crippen LogP contribution in [0.2, 0.25) is 0 Å². The van der Waals surface area contributed by atoms with Gasteiger partial charge in [-0.15, -0.1) is 0 Å². The van der Waals surface area contributed by atoms with Gasteiger partial charge in [-0.25, -0.2) is 4.39 Å². The van der Waals surface area contributed by atoms with Crippen molar-refractivity contribution in [3.8, 4) is 17.6 Å². The summed E-state index contributed by atoms with van der Waals surface area (Å²) in [5, 5.41) is 18.3. The van der Waals surface area contributed by atoms with Gasteiger partial charge in [0.25, 0.3) is 0 Å². The second-order valence-corrected chi connectivity index (χ2v) is 4.11. The molecule has 0 spiro atoms. The zero-order chi connectivity index (χ0) is 13.8. The van der Waals surface area contributed by atoms with Crippen LogP contribution in [0.5, 0.6) is 11.5 Å². The molecule has 0 bridgehead atoms. The van der Waals surface area contributed by atoms with Crippen LogP contribution in [0.4, 0.5) is 4.39 Å².